The molecule has 9 nitrogen and oxygen atoms in total. The summed E-state index contributed by atoms with van der Waals surface area (Å²) >= 11 is 0. The van der Waals surface area contributed by atoms with Crippen molar-refractivity contribution < 1.29 is 50.6 Å². The third-order valence-electron chi connectivity index (χ3n) is 9.37. The molecule has 4 N–H and O–H groups in total. The SMILES string of the molecule is C=C(N1CCN(C(=O)CC(N)Cc2cc(F)c(F)cc2F)C/C1=C(\C(=O)OC(CCC)CCC)C(C)CC)C(F)(F)F.CCCCNC(=O)c1ccccc1O. The molecule has 2 unspecified atom stereocenters. The molecule has 2 atom stereocenters. The number of aromatic hydroxyl groups is 1. The lowest BCUT2D eigenvalue weighted by atomic mass is 9.94. The van der Waals surface area contributed by atoms with Crippen LogP contribution in [-0.4, -0.2) is 77.2 Å². The van der Waals surface area contributed by atoms with Crippen LogP contribution in [0.2, 0.25) is 0 Å². The van der Waals surface area contributed by atoms with E-state index < -0.39 is 59.3 Å². The largest absolute Gasteiger partial charge is 0.507 e. The number of halogens is 6. The Kier molecular flexibility index (Phi) is 19.5. The van der Waals surface area contributed by atoms with Gasteiger partial charge in [-0.1, -0.05) is 72.6 Å². The van der Waals surface area contributed by atoms with Crippen LogP contribution in [0.25, 0.3) is 0 Å². The Morgan fingerprint density at radius 1 is 0.964 bits per heavy atom. The maximum absolute atomic E-state index is 14.1. The highest BCUT2D eigenvalue weighted by Crippen LogP contribution is 2.35. The third kappa shape index (κ3) is 14.2. The zero-order valence-electron chi connectivity index (χ0n) is 32.9. The molecule has 0 aliphatic carbocycles. The molecule has 1 saturated heterocycles. The van der Waals surface area contributed by atoms with Crippen molar-refractivity contribution in [2.45, 2.75) is 111 Å². The molecule has 1 heterocycles. The summed E-state index contributed by atoms with van der Waals surface area (Å²) < 4.78 is 88.2. The number of nitrogens with two attached hydrogens (primary N) is 1. The average molecular weight is 799 g/mol. The van der Waals surface area contributed by atoms with E-state index in [0.29, 0.717) is 43.5 Å². The number of nitrogens with zero attached hydrogens (tertiary/aromatic N) is 2. The van der Waals surface area contributed by atoms with Gasteiger partial charge in [0.1, 0.15) is 23.4 Å². The molecular formula is C41H56F6N4O5. The van der Waals surface area contributed by atoms with Crippen LogP contribution in [0.4, 0.5) is 26.3 Å². The molecule has 3 rings (SSSR count). The molecule has 1 aliphatic heterocycles. The number of phenols is 1. The fourth-order valence-electron chi connectivity index (χ4n) is 6.09. The van der Waals surface area contributed by atoms with Crippen LogP contribution >= 0.6 is 0 Å². The Morgan fingerprint density at radius 3 is 2.16 bits per heavy atom. The molecule has 0 bridgehead atoms. The number of esters is 1. The highest BCUT2D eigenvalue weighted by molar-refractivity contribution is 5.96. The number of amides is 2. The number of piperazine rings is 1. The molecule has 56 heavy (non-hydrogen) atoms. The number of phenolic OH excluding ortho intramolecular Hbond substituents is 1. The molecular weight excluding hydrogens is 742 g/mol. The van der Waals surface area contributed by atoms with E-state index in [4.69, 9.17) is 10.5 Å². The smallest absolute Gasteiger partial charge is 0.430 e. The number of unbranched alkanes of at least 4 members (excludes halogenated alkanes) is 1. The molecule has 0 radical (unpaired) electrons. The number of ether oxygens (including phenoxy) is 1. The van der Waals surface area contributed by atoms with Gasteiger partial charge < -0.3 is 30.7 Å². The number of rotatable bonds is 17. The second-order valence-corrected chi connectivity index (χ2v) is 13.8. The minimum atomic E-state index is -4.79. The summed E-state index contributed by atoms with van der Waals surface area (Å²) in [6, 6.07) is 6.61. The van der Waals surface area contributed by atoms with Gasteiger partial charge in [0.15, 0.2) is 11.6 Å². The van der Waals surface area contributed by atoms with E-state index >= 15 is 0 Å². The van der Waals surface area contributed by atoms with E-state index in [1.807, 2.05) is 13.8 Å². The maximum Gasteiger partial charge on any atom is 0.430 e. The summed E-state index contributed by atoms with van der Waals surface area (Å²) in [4.78, 5) is 40.4. The zero-order valence-corrected chi connectivity index (χ0v) is 32.9. The second-order valence-electron chi connectivity index (χ2n) is 13.8. The van der Waals surface area contributed by atoms with Crippen molar-refractivity contribution in [3.8, 4) is 5.75 Å². The minimum absolute atomic E-state index is 0.0248. The van der Waals surface area contributed by atoms with Crippen LogP contribution in [0.1, 0.15) is 102 Å². The van der Waals surface area contributed by atoms with Crippen molar-refractivity contribution in [2.75, 3.05) is 26.2 Å². The molecule has 2 aromatic rings. The van der Waals surface area contributed by atoms with Crippen molar-refractivity contribution in [1.82, 2.24) is 15.1 Å². The number of carbonyl (C=O) groups is 3. The van der Waals surface area contributed by atoms with Gasteiger partial charge in [-0.25, -0.2) is 18.0 Å². The van der Waals surface area contributed by atoms with Crippen LogP contribution in [0.5, 0.6) is 5.75 Å². The first-order valence-corrected chi connectivity index (χ1v) is 19.1. The van der Waals surface area contributed by atoms with Crippen LogP contribution in [0.15, 0.2) is 59.9 Å². The molecule has 1 aliphatic rings. The Hall–Kier alpha value is -4.53. The van der Waals surface area contributed by atoms with Crippen molar-refractivity contribution in [2.24, 2.45) is 11.7 Å². The van der Waals surface area contributed by atoms with Crippen LogP contribution < -0.4 is 11.1 Å². The number of alkyl halides is 3. The van der Waals surface area contributed by atoms with Gasteiger partial charge >= 0.3 is 12.1 Å². The molecule has 312 valence electrons. The molecule has 0 spiro atoms. The predicted octanol–water partition coefficient (Wildman–Crippen LogP) is 8.32. The van der Waals surface area contributed by atoms with Gasteiger partial charge in [0.25, 0.3) is 5.91 Å². The molecule has 0 saturated carbocycles. The molecule has 2 aromatic carbocycles. The van der Waals surface area contributed by atoms with Crippen molar-refractivity contribution >= 4 is 17.8 Å². The average Bonchev–Trinajstić information content (AvgIpc) is 3.13. The van der Waals surface area contributed by atoms with E-state index in [0.717, 1.165) is 30.6 Å². The molecule has 2 amide bonds. The number of para-hydroxylation sites is 1. The van der Waals surface area contributed by atoms with Gasteiger partial charge in [0.2, 0.25) is 5.91 Å². The van der Waals surface area contributed by atoms with E-state index in [9.17, 15) is 45.8 Å². The van der Waals surface area contributed by atoms with Gasteiger partial charge in [-0.3, -0.25) is 9.59 Å². The predicted molar refractivity (Wildman–Crippen MR) is 203 cm³/mol. The lowest BCUT2D eigenvalue weighted by molar-refractivity contribution is -0.146. The first kappa shape index (κ1) is 47.6. The highest BCUT2D eigenvalue weighted by atomic mass is 19.4. The Labute approximate surface area is 325 Å². The topological polar surface area (TPSA) is 125 Å². The summed E-state index contributed by atoms with van der Waals surface area (Å²) in [5.74, 6) is -5.58. The van der Waals surface area contributed by atoms with Gasteiger partial charge in [-0.05, 0) is 61.8 Å². The van der Waals surface area contributed by atoms with Crippen LogP contribution in [0, 0.1) is 23.4 Å². The standard InChI is InChI=1S/C30H41F6N3O3.C11H15NO2/c1-6-9-22(10-7-2)42-29(41)28(18(4)8-3)26-17-38(11-12-39(26)19(5)30(34,35)36)27(40)15-21(37)13-20-14-24(32)25(33)16-23(20)31;1-2-3-8-12-11(14)9-6-4-5-7-10(9)13/h14,16,18,21-22H,5-13,15,17,37H2,1-4H3;4-7,13H,2-3,8H2,1H3,(H,12,14)/b28-26+;. The number of carbonyl (C=O) groups excluding carboxylic acids is 3. The number of benzene rings is 2. The Balaban J connectivity index is 0.000000647. The summed E-state index contributed by atoms with van der Waals surface area (Å²) in [6.45, 7) is 12.6. The third-order valence-corrected chi connectivity index (χ3v) is 9.37. The van der Waals surface area contributed by atoms with E-state index in [1.165, 1.54) is 11.0 Å². The zero-order chi connectivity index (χ0) is 42.2. The lowest BCUT2D eigenvalue weighted by Crippen LogP contribution is -2.50. The molecule has 15 heteroatoms. The van der Waals surface area contributed by atoms with Gasteiger partial charge in [-0.15, -0.1) is 0 Å². The summed E-state index contributed by atoms with van der Waals surface area (Å²) in [5, 5.41) is 12.1. The maximum atomic E-state index is 14.1. The normalized spacial score (nSPS) is 15.1. The fraction of sp³-hybridized carbons (Fsp3) is 0.537. The number of hydrogen-bond donors (Lipinski definition) is 3. The van der Waals surface area contributed by atoms with Crippen LogP contribution in [0.3, 0.4) is 0 Å². The van der Waals surface area contributed by atoms with Crippen molar-refractivity contribution in [1.29, 1.82) is 0 Å². The van der Waals surface area contributed by atoms with Gasteiger partial charge in [0.05, 0.1) is 17.7 Å². The van der Waals surface area contributed by atoms with Crippen molar-refractivity contribution in [3.05, 3.63) is 88.5 Å². The second kappa shape index (κ2) is 22.9. The summed E-state index contributed by atoms with van der Waals surface area (Å²) in [5.41, 5.74) is 5.02. The lowest BCUT2D eigenvalue weighted by Gasteiger charge is -2.41. The highest BCUT2D eigenvalue weighted by Gasteiger charge is 2.42. The van der Waals surface area contributed by atoms with E-state index in [1.54, 1.807) is 32.0 Å². The molecule has 1 fully saturated rings. The number of allylic oxidation sites excluding steroid dienone is 1. The quantitative estimate of drug-likeness (QED) is 0.0484. The van der Waals surface area contributed by atoms with E-state index in [-0.39, 0.29) is 61.0 Å². The fourth-order valence-corrected chi connectivity index (χ4v) is 6.09. The number of hydrogen-bond acceptors (Lipinski definition) is 7. The first-order chi connectivity index (χ1) is 26.4. The summed E-state index contributed by atoms with van der Waals surface area (Å²) in [6.07, 6.45) is -0.680. The first-order valence-electron chi connectivity index (χ1n) is 19.1. The monoisotopic (exact) mass is 798 g/mol. The summed E-state index contributed by atoms with van der Waals surface area (Å²) in [7, 11) is 0. The minimum Gasteiger partial charge on any atom is -0.507 e. The van der Waals surface area contributed by atoms with Crippen molar-refractivity contribution in [3.63, 3.8) is 0 Å². The molecule has 0 aromatic heterocycles. The van der Waals surface area contributed by atoms with E-state index in [2.05, 4.69) is 18.8 Å². The Bertz CT molecular complexity index is 1660. The van der Waals surface area contributed by atoms with Gasteiger partial charge in [-0.2, -0.15) is 13.2 Å². The Morgan fingerprint density at radius 2 is 1.59 bits per heavy atom. The van der Waals surface area contributed by atoms with Gasteiger partial charge in [0, 0.05) is 43.9 Å². The van der Waals surface area contributed by atoms with Crippen LogP contribution in [-0.2, 0) is 20.7 Å². The number of nitrogens with one attached hydrogen (secondary N) is 1.